The van der Waals surface area contributed by atoms with Crippen LogP contribution in [0.15, 0.2) is 24.3 Å². The Bertz CT molecular complexity index is 501. The molecule has 1 aromatic carbocycles. The molecule has 1 aliphatic rings. The Balaban J connectivity index is 2.07. The van der Waals surface area contributed by atoms with Crippen molar-refractivity contribution in [3.8, 4) is 5.75 Å². The van der Waals surface area contributed by atoms with Crippen molar-refractivity contribution in [2.75, 3.05) is 13.1 Å². The zero-order valence-electron chi connectivity index (χ0n) is 13.1. The van der Waals surface area contributed by atoms with Gasteiger partial charge in [-0.2, -0.15) is 0 Å². The van der Waals surface area contributed by atoms with Gasteiger partial charge in [-0.15, -0.1) is 0 Å². The molecule has 0 unspecified atom stereocenters. The lowest BCUT2D eigenvalue weighted by molar-refractivity contribution is -0.142. The monoisotopic (exact) mass is 309 g/mol. The molecule has 1 saturated heterocycles. The predicted molar refractivity (Wildman–Crippen MR) is 85.8 cm³/mol. The molecule has 0 spiro atoms. The first-order valence-corrected chi connectivity index (χ1v) is 8.01. The molecule has 0 aliphatic carbocycles. The van der Waals surface area contributed by atoms with Crippen molar-refractivity contribution in [2.24, 2.45) is 5.41 Å². The molecule has 0 aromatic heterocycles. The molecule has 1 heterocycles. The van der Waals surface area contributed by atoms with Crippen molar-refractivity contribution < 1.29 is 9.53 Å². The van der Waals surface area contributed by atoms with E-state index >= 15 is 0 Å². The molecule has 3 nitrogen and oxygen atoms in total. The maximum absolute atomic E-state index is 12.7. The second-order valence-electron chi connectivity index (χ2n) is 6.47. The maximum Gasteiger partial charge on any atom is 0.263 e. The normalized spacial score (nSPS) is 19.1. The quantitative estimate of drug-likeness (QED) is 0.836. The van der Waals surface area contributed by atoms with Crippen molar-refractivity contribution in [2.45, 2.75) is 46.1 Å². The number of ether oxygens (including phenoxy) is 1. The van der Waals surface area contributed by atoms with Crippen LogP contribution in [0.2, 0.25) is 5.02 Å². The highest BCUT2D eigenvalue weighted by Gasteiger charge is 2.32. The number of halogens is 1. The Kier molecular flexibility index (Phi) is 5.15. The summed E-state index contributed by atoms with van der Waals surface area (Å²) in [7, 11) is 0. The van der Waals surface area contributed by atoms with Crippen LogP contribution < -0.4 is 4.74 Å². The van der Waals surface area contributed by atoms with Gasteiger partial charge in [0.05, 0.1) is 5.02 Å². The van der Waals surface area contributed by atoms with Crippen LogP contribution in [0.4, 0.5) is 0 Å². The molecule has 0 saturated carbocycles. The Morgan fingerprint density at radius 1 is 1.43 bits per heavy atom. The standard InChI is InChI=1S/C17H24ClNO2/c1-4-14(21-15-9-6-5-8-13(15)18)16(20)19-11-7-10-17(2,3)12-19/h5-6,8-9,14H,4,7,10-12H2,1-3H3/t14-/m1/s1. The van der Waals surface area contributed by atoms with Crippen LogP contribution in [0, 0.1) is 5.41 Å². The van der Waals surface area contributed by atoms with E-state index in [9.17, 15) is 4.79 Å². The third-order valence-electron chi connectivity index (χ3n) is 3.96. The lowest BCUT2D eigenvalue weighted by Crippen LogP contribution is -2.48. The number of para-hydroxylation sites is 1. The highest BCUT2D eigenvalue weighted by molar-refractivity contribution is 6.32. The van der Waals surface area contributed by atoms with E-state index in [2.05, 4.69) is 13.8 Å². The van der Waals surface area contributed by atoms with E-state index in [1.807, 2.05) is 24.0 Å². The van der Waals surface area contributed by atoms with E-state index in [0.717, 1.165) is 19.5 Å². The Morgan fingerprint density at radius 3 is 2.76 bits per heavy atom. The van der Waals surface area contributed by atoms with Crippen LogP contribution in [-0.2, 0) is 4.79 Å². The van der Waals surface area contributed by atoms with E-state index in [-0.39, 0.29) is 11.3 Å². The van der Waals surface area contributed by atoms with Crippen molar-refractivity contribution >= 4 is 17.5 Å². The van der Waals surface area contributed by atoms with Gasteiger partial charge in [-0.05, 0) is 36.8 Å². The van der Waals surface area contributed by atoms with Gasteiger partial charge >= 0.3 is 0 Å². The third kappa shape index (κ3) is 4.13. The maximum atomic E-state index is 12.7. The van der Waals surface area contributed by atoms with Gasteiger partial charge < -0.3 is 9.64 Å². The van der Waals surface area contributed by atoms with Crippen molar-refractivity contribution in [3.05, 3.63) is 29.3 Å². The number of carbonyl (C=O) groups excluding carboxylic acids is 1. The van der Waals surface area contributed by atoms with Gasteiger partial charge in [0.2, 0.25) is 0 Å². The molecule has 21 heavy (non-hydrogen) atoms. The summed E-state index contributed by atoms with van der Waals surface area (Å²) >= 11 is 6.11. The molecule has 1 aromatic rings. The molecule has 1 atom stereocenters. The second kappa shape index (κ2) is 6.69. The first-order chi connectivity index (χ1) is 9.93. The van der Waals surface area contributed by atoms with Gasteiger partial charge in [0, 0.05) is 13.1 Å². The van der Waals surface area contributed by atoms with Crippen LogP contribution >= 0.6 is 11.6 Å². The number of nitrogens with zero attached hydrogens (tertiary/aromatic N) is 1. The first-order valence-electron chi connectivity index (χ1n) is 7.63. The Morgan fingerprint density at radius 2 is 2.14 bits per heavy atom. The molecule has 0 N–H and O–H groups in total. The minimum absolute atomic E-state index is 0.0743. The molecule has 0 radical (unpaired) electrons. The fraction of sp³-hybridized carbons (Fsp3) is 0.588. The summed E-state index contributed by atoms with van der Waals surface area (Å²) in [5, 5.41) is 0.544. The van der Waals surface area contributed by atoms with Crippen LogP contribution in [0.25, 0.3) is 0 Å². The average molecular weight is 310 g/mol. The summed E-state index contributed by atoms with van der Waals surface area (Å²) in [6, 6.07) is 7.30. The average Bonchev–Trinajstić information content (AvgIpc) is 2.44. The summed E-state index contributed by atoms with van der Waals surface area (Å²) in [5.74, 6) is 0.654. The summed E-state index contributed by atoms with van der Waals surface area (Å²) in [6.45, 7) is 8.01. The summed E-state index contributed by atoms with van der Waals surface area (Å²) in [6.07, 6.45) is 2.40. The van der Waals surface area contributed by atoms with Crippen molar-refractivity contribution in [1.29, 1.82) is 0 Å². The van der Waals surface area contributed by atoms with Crippen LogP contribution in [-0.4, -0.2) is 30.0 Å². The van der Waals surface area contributed by atoms with E-state index in [0.29, 0.717) is 17.2 Å². The highest BCUT2D eigenvalue weighted by atomic mass is 35.5. The lowest BCUT2D eigenvalue weighted by Gasteiger charge is -2.39. The Hall–Kier alpha value is -1.22. The minimum atomic E-state index is -0.459. The number of carbonyl (C=O) groups is 1. The van der Waals surface area contributed by atoms with Crippen LogP contribution in [0.1, 0.15) is 40.0 Å². The van der Waals surface area contributed by atoms with Gasteiger partial charge in [0.15, 0.2) is 6.10 Å². The first kappa shape index (κ1) is 16.2. The molecule has 4 heteroatoms. The molecule has 116 valence electrons. The molecular formula is C17H24ClNO2. The summed E-state index contributed by atoms with van der Waals surface area (Å²) in [5.41, 5.74) is 0.191. The fourth-order valence-electron chi connectivity index (χ4n) is 2.82. The molecule has 0 bridgehead atoms. The molecular weight excluding hydrogens is 286 g/mol. The number of hydrogen-bond donors (Lipinski definition) is 0. The van der Waals surface area contributed by atoms with Crippen molar-refractivity contribution in [3.63, 3.8) is 0 Å². The van der Waals surface area contributed by atoms with Crippen LogP contribution in [0.3, 0.4) is 0 Å². The van der Waals surface area contributed by atoms with Gasteiger partial charge in [-0.25, -0.2) is 0 Å². The largest absolute Gasteiger partial charge is 0.479 e. The molecule has 1 amide bonds. The number of benzene rings is 1. The van der Waals surface area contributed by atoms with Gasteiger partial charge in [0.25, 0.3) is 5.91 Å². The zero-order valence-corrected chi connectivity index (χ0v) is 13.8. The summed E-state index contributed by atoms with van der Waals surface area (Å²) < 4.78 is 5.85. The van der Waals surface area contributed by atoms with Gasteiger partial charge in [0.1, 0.15) is 5.75 Å². The predicted octanol–water partition coefficient (Wildman–Crippen LogP) is 4.15. The SMILES string of the molecule is CC[C@@H](Oc1ccccc1Cl)C(=O)N1CCCC(C)(C)C1. The van der Waals surface area contributed by atoms with E-state index in [1.54, 1.807) is 12.1 Å². The number of likely N-dealkylation sites (tertiary alicyclic amines) is 1. The number of hydrogen-bond acceptors (Lipinski definition) is 2. The van der Waals surface area contributed by atoms with Crippen LogP contribution in [0.5, 0.6) is 5.75 Å². The summed E-state index contributed by atoms with van der Waals surface area (Å²) in [4.78, 5) is 14.6. The van der Waals surface area contributed by atoms with Gasteiger partial charge in [-0.3, -0.25) is 4.79 Å². The molecule has 1 aliphatic heterocycles. The highest BCUT2D eigenvalue weighted by Crippen LogP contribution is 2.30. The van der Waals surface area contributed by atoms with E-state index in [1.165, 1.54) is 6.42 Å². The van der Waals surface area contributed by atoms with Gasteiger partial charge in [-0.1, -0.05) is 44.5 Å². The third-order valence-corrected chi connectivity index (χ3v) is 4.28. The lowest BCUT2D eigenvalue weighted by atomic mass is 9.84. The zero-order chi connectivity index (χ0) is 15.5. The van der Waals surface area contributed by atoms with E-state index < -0.39 is 6.10 Å². The Labute approximate surface area is 132 Å². The number of rotatable bonds is 4. The fourth-order valence-corrected chi connectivity index (χ4v) is 3.00. The second-order valence-corrected chi connectivity index (χ2v) is 6.88. The number of amides is 1. The van der Waals surface area contributed by atoms with E-state index in [4.69, 9.17) is 16.3 Å². The van der Waals surface area contributed by atoms with Crippen molar-refractivity contribution in [1.82, 2.24) is 4.90 Å². The topological polar surface area (TPSA) is 29.5 Å². The molecule has 1 fully saturated rings. The number of piperidine rings is 1. The molecule has 2 rings (SSSR count). The minimum Gasteiger partial charge on any atom is -0.479 e. The smallest absolute Gasteiger partial charge is 0.263 e.